The summed E-state index contributed by atoms with van der Waals surface area (Å²) in [4.78, 5) is 15.5. The molecule has 1 aliphatic heterocycles. The van der Waals surface area contributed by atoms with Crippen molar-refractivity contribution in [3.63, 3.8) is 0 Å². The van der Waals surface area contributed by atoms with Crippen LogP contribution in [0.4, 0.5) is 0 Å². The maximum Gasteiger partial charge on any atom is 0.227 e. The average Bonchev–Trinajstić information content (AvgIpc) is 2.86. The Balaban J connectivity index is 1.96. The second-order valence-electron chi connectivity index (χ2n) is 4.83. The van der Waals surface area contributed by atoms with Crippen LogP contribution in [-0.2, 0) is 11.3 Å². The van der Waals surface area contributed by atoms with Gasteiger partial charge in [0.25, 0.3) is 0 Å². The third-order valence-electron chi connectivity index (χ3n) is 3.33. The lowest BCUT2D eigenvalue weighted by atomic mass is 9.89. The van der Waals surface area contributed by atoms with Gasteiger partial charge < -0.3 is 5.32 Å². The summed E-state index contributed by atoms with van der Waals surface area (Å²) >= 11 is 5.23. The van der Waals surface area contributed by atoms with Crippen LogP contribution in [0.3, 0.4) is 0 Å². The largest absolute Gasteiger partial charge is 0.359 e. The molecule has 0 aliphatic carbocycles. The van der Waals surface area contributed by atoms with Crippen LogP contribution in [0.5, 0.6) is 0 Å². The summed E-state index contributed by atoms with van der Waals surface area (Å²) < 4.78 is 1.14. The first kappa shape index (κ1) is 13.1. The Morgan fingerprint density at radius 1 is 1.71 bits per heavy atom. The molecule has 94 valence electrons. The van der Waals surface area contributed by atoms with E-state index < -0.39 is 0 Å². The lowest BCUT2D eigenvalue weighted by Crippen LogP contribution is -2.39. The molecule has 1 aromatic heterocycles. The van der Waals surface area contributed by atoms with Crippen molar-refractivity contribution in [3.05, 3.63) is 20.8 Å². The zero-order valence-corrected chi connectivity index (χ0v) is 12.5. The third-order valence-corrected chi connectivity index (χ3v) is 5.01. The number of nitrogens with one attached hydrogen (secondary N) is 1. The minimum absolute atomic E-state index is 0.160. The van der Waals surface area contributed by atoms with E-state index >= 15 is 0 Å². The number of thiophene rings is 1. The molecule has 1 saturated heterocycles. The number of carbonyl (C=O) groups is 1. The molecule has 17 heavy (non-hydrogen) atoms. The molecule has 2 rings (SSSR count). The molecule has 1 aromatic rings. The van der Waals surface area contributed by atoms with Gasteiger partial charge in [0.1, 0.15) is 0 Å². The van der Waals surface area contributed by atoms with E-state index in [1.807, 2.05) is 0 Å². The van der Waals surface area contributed by atoms with E-state index in [1.54, 1.807) is 18.4 Å². The highest BCUT2D eigenvalue weighted by molar-refractivity contribution is 9.10. The molecule has 0 radical (unpaired) electrons. The van der Waals surface area contributed by atoms with Gasteiger partial charge in [-0.25, -0.2) is 0 Å². The topological polar surface area (TPSA) is 32.3 Å². The average molecular weight is 317 g/mol. The Hall–Kier alpha value is -0.390. The van der Waals surface area contributed by atoms with Gasteiger partial charge in [-0.1, -0.05) is 0 Å². The molecule has 0 aromatic carbocycles. The van der Waals surface area contributed by atoms with Crippen LogP contribution in [0, 0.1) is 5.41 Å². The maximum atomic E-state index is 11.8. The van der Waals surface area contributed by atoms with E-state index in [4.69, 9.17) is 0 Å². The molecular formula is C12H17BrN2OS. The van der Waals surface area contributed by atoms with Gasteiger partial charge in [0.05, 0.1) is 5.41 Å². The van der Waals surface area contributed by atoms with Crippen LogP contribution in [-0.4, -0.2) is 30.9 Å². The molecule has 0 bridgehead atoms. The third kappa shape index (κ3) is 2.89. The highest BCUT2D eigenvalue weighted by Crippen LogP contribution is 2.32. The van der Waals surface area contributed by atoms with Gasteiger partial charge in [-0.3, -0.25) is 9.69 Å². The molecule has 0 spiro atoms. The minimum Gasteiger partial charge on any atom is -0.359 e. The highest BCUT2D eigenvalue weighted by atomic mass is 79.9. The predicted octanol–water partition coefficient (Wildman–Crippen LogP) is 2.47. The number of nitrogens with zero attached hydrogens (tertiary/aromatic N) is 1. The van der Waals surface area contributed by atoms with Crippen LogP contribution in [0.1, 0.15) is 18.2 Å². The minimum atomic E-state index is -0.219. The molecule has 2 heterocycles. The quantitative estimate of drug-likeness (QED) is 0.929. The SMILES string of the molecule is CNC(=O)C1(C)CCN(Cc2cc(Br)cs2)C1. The second-order valence-corrected chi connectivity index (χ2v) is 6.74. The van der Waals surface area contributed by atoms with Gasteiger partial charge in [0.15, 0.2) is 0 Å². The number of hydrogen-bond donors (Lipinski definition) is 1. The standard InChI is InChI=1S/C12H17BrN2OS/c1-12(11(16)14-2)3-4-15(8-12)6-10-5-9(13)7-17-10/h5,7H,3-4,6,8H2,1-2H3,(H,14,16). The normalized spacial score (nSPS) is 25.1. The molecule has 0 saturated carbocycles. The maximum absolute atomic E-state index is 11.8. The zero-order chi connectivity index (χ0) is 12.5. The fourth-order valence-corrected chi connectivity index (χ4v) is 3.83. The van der Waals surface area contributed by atoms with E-state index in [2.05, 4.69) is 44.5 Å². The molecule has 1 unspecified atom stereocenters. The lowest BCUT2D eigenvalue weighted by Gasteiger charge is -2.22. The predicted molar refractivity (Wildman–Crippen MR) is 74.1 cm³/mol. The molecule has 1 aliphatic rings. The number of likely N-dealkylation sites (tertiary alicyclic amines) is 1. The molecule has 3 nitrogen and oxygen atoms in total. The van der Waals surface area contributed by atoms with Crippen molar-refractivity contribution in [1.29, 1.82) is 0 Å². The Bertz CT molecular complexity index is 420. The van der Waals surface area contributed by atoms with Crippen molar-refractivity contribution >= 4 is 33.2 Å². The summed E-state index contributed by atoms with van der Waals surface area (Å²) in [5.74, 6) is 0.160. The molecule has 1 N–H and O–H groups in total. The number of carbonyl (C=O) groups excluding carboxylic acids is 1. The van der Waals surface area contributed by atoms with Crippen LogP contribution in [0.15, 0.2) is 15.9 Å². The number of rotatable bonds is 3. The van der Waals surface area contributed by atoms with Crippen LogP contribution < -0.4 is 5.32 Å². The summed E-state index contributed by atoms with van der Waals surface area (Å²) in [5.41, 5.74) is -0.219. The van der Waals surface area contributed by atoms with Crippen molar-refractivity contribution in [3.8, 4) is 0 Å². The van der Waals surface area contributed by atoms with Crippen molar-refractivity contribution in [2.45, 2.75) is 19.9 Å². The number of amides is 1. The Morgan fingerprint density at radius 3 is 3.06 bits per heavy atom. The summed E-state index contributed by atoms with van der Waals surface area (Å²) in [6.45, 7) is 4.85. The van der Waals surface area contributed by atoms with Crippen LogP contribution >= 0.6 is 27.3 Å². The summed E-state index contributed by atoms with van der Waals surface area (Å²) in [5, 5.41) is 4.87. The Morgan fingerprint density at radius 2 is 2.47 bits per heavy atom. The van der Waals surface area contributed by atoms with Gasteiger partial charge in [-0.2, -0.15) is 0 Å². The second kappa shape index (κ2) is 5.08. The van der Waals surface area contributed by atoms with Crippen molar-refractivity contribution in [2.24, 2.45) is 5.41 Å². The van der Waals surface area contributed by atoms with E-state index in [-0.39, 0.29) is 11.3 Å². The first-order chi connectivity index (χ1) is 8.03. The molecule has 1 fully saturated rings. The summed E-state index contributed by atoms with van der Waals surface area (Å²) in [7, 11) is 1.71. The van der Waals surface area contributed by atoms with Crippen LogP contribution in [0.2, 0.25) is 0 Å². The smallest absolute Gasteiger partial charge is 0.227 e. The fourth-order valence-electron chi connectivity index (χ4n) is 2.34. The van der Waals surface area contributed by atoms with Gasteiger partial charge in [-0.05, 0) is 41.9 Å². The Labute approximate surface area is 114 Å². The van der Waals surface area contributed by atoms with Gasteiger partial charge in [0, 0.05) is 34.9 Å². The van der Waals surface area contributed by atoms with E-state index in [9.17, 15) is 4.79 Å². The lowest BCUT2D eigenvalue weighted by molar-refractivity contribution is -0.129. The monoisotopic (exact) mass is 316 g/mol. The molecular weight excluding hydrogens is 300 g/mol. The number of hydrogen-bond acceptors (Lipinski definition) is 3. The van der Waals surface area contributed by atoms with E-state index in [1.165, 1.54) is 4.88 Å². The molecule has 1 amide bonds. The van der Waals surface area contributed by atoms with Gasteiger partial charge in [-0.15, -0.1) is 11.3 Å². The molecule has 1 atom stereocenters. The van der Waals surface area contributed by atoms with E-state index in [0.29, 0.717) is 0 Å². The summed E-state index contributed by atoms with van der Waals surface area (Å²) in [6, 6.07) is 2.15. The molecule has 5 heteroatoms. The fraction of sp³-hybridized carbons (Fsp3) is 0.583. The van der Waals surface area contributed by atoms with Gasteiger partial charge in [0.2, 0.25) is 5.91 Å². The van der Waals surface area contributed by atoms with Crippen molar-refractivity contribution in [1.82, 2.24) is 10.2 Å². The van der Waals surface area contributed by atoms with Gasteiger partial charge >= 0.3 is 0 Å². The van der Waals surface area contributed by atoms with Crippen molar-refractivity contribution in [2.75, 3.05) is 20.1 Å². The number of halogens is 1. The van der Waals surface area contributed by atoms with E-state index in [0.717, 1.165) is 30.5 Å². The first-order valence-electron chi connectivity index (χ1n) is 5.71. The zero-order valence-electron chi connectivity index (χ0n) is 10.1. The Kier molecular flexibility index (Phi) is 3.90. The van der Waals surface area contributed by atoms with Crippen molar-refractivity contribution < 1.29 is 4.79 Å². The highest BCUT2D eigenvalue weighted by Gasteiger charge is 2.39. The summed E-state index contributed by atoms with van der Waals surface area (Å²) in [6.07, 6.45) is 0.944. The van der Waals surface area contributed by atoms with Crippen LogP contribution in [0.25, 0.3) is 0 Å². The first-order valence-corrected chi connectivity index (χ1v) is 7.38.